The van der Waals surface area contributed by atoms with E-state index in [0.29, 0.717) is 12.0 Å². The van der Waals surface area contributed by atoms with Gasteiger partial charge in [-0.15, -0.1) is 0 Å². The predicted octanol–water partition coefficient (Wildman–Crippen LogP) is 3.83. The van der Waals surface area contributed by atoms with Crippen LogP contribution in [0.4, 0.5) is 0 Å². The summed E-state index contributed by atoms with van der Waals surface area (Å²) in [5.41, 5.74) is 4.00. The fourth-order valence-corrected chi connectivity index (χ4v) is 2.48. The molecule has 3 rings (SSSR count). The van der Waals surface area contributed by atoms with E-state index in [9.17, 15) is 9.90 Å². The highest BCUT2D eigenvalue weighted by Crippen LogP contribution is 2.18. The highest BCUT2D eigenvalue weighted by molar-refractivity contribution is 5.89. The molecule has 3 aromatic rings. The van der Waals surface area contributed by atoms with E-state index in [2.05, 4.69) is 4.98 Å². The van der Waals surface area contributed by atoms with E-state index in [4.69, 9.17) is 0 Å². The molecule has 0 bridgehead atoms. The molecule has 0 aliphatic carbocycles. The van der Waals surface area contributed by atoms with E-state index in [0.717, 1.165) is 27.7 Å². The van der Waals surface area contributed by atoms with Crippen LogP contribution in [0.1, 0.15) is 27.2 Å². The summed E-state index contributed by atoms with van der Waals surface area (Å²) in [5, 5.41) is 10.4. The smallest absolute Gasteiger partial charge is 0.335 e. The Hall–Kier alpha value is -2.68. The molecule has 1 heterocycles. The molecule has 0 atom stereocenters. The van der Waals surface area contributed by atoms with Crippen molar-refractivity contribution in [3.05, 3.63) is 77.0 Å². The lowest BCUT2D eigenvalue weighted by molar-refractivity contribution is 0.0696. The number of aryl methyl sites for hydroxylation is 1. The van der Waals surface area contributed by atoms with Crippen LogP contribution in [0, 0.1) is 6.92 Å². The van der Waals surface area contributed by atoms with Gasteiger partial charge in [-0.05, 0) is 30.7 Å². The highest BCUT2D eigenvalue weighted by atomic mass is 16.4. The molecule has 21 heavy (non-hydrogen) atoms. The van der Waals surface area contributed by atoms with Crippen molar-refractivity contribution in [1.29, 1.82) is 0 Å². The number of pyridine rings is 1. The van der Waals surface area contributed by atoms with E-state index in [1.165, 1.54) is 0 Å². The first-order chi connectivity index (χ1) is 10.1. The Labute approximate surface area is 122 Å². The summed E-state index contributed by atoms with van der Waals surface area (Å²) in [6.07, 6.45) is 0.522. The number of aromatic carboxylic acids is 1. The van der Waals surface area contributed by atoms with Crippen LogP contribution in [-0.2, 0) is 6.42 Å². The van der Waals surface area contributed by atoms with Gasteiger partial charge in [-0.3, -0.25) is 4.98 Å². The first-order valence-electron chi connectivity index (χ1n) is 6.81. The fraction of sp³-hybridized carbons (Fsp3) is 0.111. The quantitative estimate of drug-likeness (QED) is 0.791. The Morgan fingerprint density at radius 2 is 1.90 bits per heavy atom. The largest absolute Gasteiger partial charge is 0.478 e. The fourth-order valence-electron chi connectivity index (χ4n) is 2.48. The summed E-state index contributed by atoms with van der Waals surface area (Å²) in [6, 6.07) is 17.3. The lowest BCUT2D eigenvalue weighted by atomic mass is 10.00. The Bertz CT molecular complexity index is 824. The van der Waals surface area contributed by atoms with Crippen LogP contribution in [0.25, 0.3) is 10.9 Å². The van der Waals surface area contributed by atoms with Gasteiger partial charge in [0.05, 0.1) is 11.1 Å². The molecule has 1 N–H and O–H groups in total. The normalized spacial score (nSPS) is 10.7. The van der Waals surface area contributed by atoms with Crippen molar-refractivity contribution < 1.29 is 9.90 Å². The lowest BCUT2D eigenvalue weighted by Gasteiger charge is -2.08. The molecule has 3 nitrogen and oxygen atoms in total. The van der Waals surface area contributed by atoms with Crippen molar-refractivity contribution in [2.24, 2.45) is 0 Å². The zero-order chi connectivity index (χ0) is 14.8. The minimum absolute atomic E-state index is 0.343. The monoisotopic (exact) mass is 277 g/mol. The predicted molar refractivity (Wildman–Crippen MR) is 82.7 cm³/mol. The number of nitrogens with zero attached hydrogens (tertiary/aromatic N) is 1. The number of carboxylic acids is 1. The second-order valence-electron chi connectivity index (χ2n) is 5.14. The molecule has 3 heteroatoms. The van der Waals surface area contributed by atoms with Gasteiger partial charge in [0.1, 0.15) is 0 Å². The Morgan fingerprint density at radius 1 is 1.10 bits per heavy atom. The zero-order valence-electron chi connectivity index (χ0n) is 11.7. The molecule has 0 radical (unpaired) electrons. The van der Waals surface area contributed by atoms with E-state index in [-0.39, 0.29) is 0 Å². The number of hydrogen-bond donors (Lipinski definition) is 1. The van der Waals surface area contributed by atoms with Gasteiger partial charge in [0, 0.05) is 17.5 Å². The summed E-state index contributed by atoms with van der Waals surface area (Å²) in [7, 11) is 0. The number of carbonyl (C=O) groups is 1. The second-order valence-corrected chi connectivity index (χ2v) is 5.14. The molecule has 0 spiro atoms. The van der Waals surface area contributed by atoms with E-state index < -0.39 is 5.97 Å². The second kappa shape index (κ2) is 5.37. The Kier molecular flexibility index (Phi) is 3.40. The number of para-hydroxylation sites is 1. The highest BCUT2D eigenvalue weighted by Gasteiger charge is 2.11. The molecule has 0 saturated heterocycles. The lowest BCUT2D eigenvalue weighted by Crippen LogP contribution is -2.04. The van der Waals surface area contributed by atoms with E-state index >= 15 is 0 Å². The number of aromatic nitrogens is 1. The van der Waals surface area contributed by atoms with Gasteiger partial charge in [-0.1, -0.05) is 42.0 Å². The van der Waals surface area contributed by atoms with Crippen LogP contribution in [0.2, 0.25) is 0 Å². The van der Waals surface area contributed by atoms with Gasteiger partial charge in [-0.25, -0.2) is 4.79 Å². The maximum atomic E-state index is 11.3. The summed E-state index contributed by atoms with van der Waals surface area (Å²) >= 11 is 0. The number of carboxylic acid groups (broad SMARTS) is 1. The van der Waals surface area contributed by atoms with Crippen LogP contribution in [-0.4, -0.2) is 16.1 Å². The molecular formula is C18H15NO2. The number of hydrogen-bond acceptors (Lipinski definition) is 2. The van der Waals surface area contributed by atoms with Gasteiger partial charge in [0.2, 0.25) is 0 Å². The maximum absolute atomic E-state index is 11.3. The van der Waals surface area contributed by atoms with Crippen molar-refractivity contribution in [2.75, 3.05) is 0 Å². The van der Waals surface area contributed by atoms with Crippen LogP contribution < -0.4 is 0 Å². The molecule has 0 unspecified atom stereocenters. The van der Waals surface area contributed by atoms with Crippen LogP contribution >= 0.6 is 0 Å². The topological polar surface area (TPSA) is 50.2 Å². The van der Waals surface area contributed by atoms with Crippen molar-refractivity contribution in [1.82, 2.24) is 4.98 Å². The Morgan fingerprint density at radius 3 is 2.71 bits per heavy atom. The van der Waals surface area contributed by atoms with Crippen molar-refractivity contribution >= 4 is 16.9 Å². The molecule has 1 aromatic heterocycles. The molecule has 0 amide bonds. The minimum Gasteiger partial charge on any atom is -0.478 e. The summed E-state index contributed by atoms with van der Waals surface area (Å²) in [4.78, 5) is 15.9. The Balaban J connectivity index is 2.02. The number of benzene rings is 2. The van der Waals surface area contributed by atoms with Crippen LogP contribution in [0.3, 0.4) is 0 Å². The summed E-state index contributed by atoms with van der Waals surface area (Å²) in [5.74, 6) is -0.897. The van der Waals surface area contributed by atoms with Crippen LogP contribution in [0.5, 0.6) is 0 Å². The van der Waals surface area contributed by atoms with Crippen LogP contribution in [0.15, 0.2) is 54.6 Å². The average molecular weight is 277 g/mol. The third kappa shape index (κ3) is 2.77. The molecule has 0 fully saturated rings. The molecule has 0 aliphatic heterocycles. The van der Waals surface area contributed by atoms with Gasteiger partial charge in [0.15, 0.2) is 0 Å². The van der Waals surface area contributed by atoms with E-state index in [1.54, 1.807) is 6.07 Å². The third-order valence-corrected chi connectivity index (χ3v) is 3.52. The van der Waals surface area contributed by atoms with Crippen molar-refractivity contribution in [3.63, 3.8) is 0 Å². The maximum Gasteiger partial charge on any atom is 0.335 e. The molecule has 2 aromatic carbocycles. The van der Waals surface area contributed by atoms with Gasteiger partial charge in [-0.2, -0.15) is 0 Å². The van der Waals surface area contributed by atoms with Gasteiger partial charge < -0.3 is 5.11 Å². The average Bonchev–Trinajstić information content (AvgIpc) is 2.47. The zero-order valence-corrected chi connectivity index (χ0v) is 11.7. The van der Waals surface area contributed by atoms with Gasteiger partial charge in [0.25, 0.3) is 0 Å². The molecule has 0 aliphatic rings. The first kappa shape index (κ1) is 13.3. The molecular weight excluding hydrogens is 262 g/mol. The summed E-state index contributed by atoms with van der Waals surface area (Å²) in [6.45, 7) is 1.96. The first-order valence-corrected chi connectivity index (χ1v) is 6.81. The van der Waals surface area contributed by atoms with Crippen molar-refractivity contribution in [3.8, 4) is 0 Å². The summed E-state index contributed by atoms with van der Waals surface area (Å²) < 4.78 is 0. The number of fused-ring (bicyclic) bond motifs is 1. The van der Waals surface area contributed by atoms with E-state index in [1.807, 2.05) is 55.5 Å². The molecule has 0 saturated carbocycles. The third-order valence-electron chi connectivity index (χ3n) is 3.52. The minimum atomic E-state index is -0.897. The van der Waals surface area contributed by atoms with Crippen molar-refractivity contribution in [2.45, 2.75) is 13.3 Å². The number of rotatable bonds is 3. The standard InChI is InChI=1S/C18H15NO2/c1-12-6-9-16(18(20)21)14(10-12)11-15-8-7-13-4-2-3-5-17(13)19-15/h2-10H,11H2,1H3,(H,20,21). The van der Waals surface area contributed by atoms with Gasteiger partial charge >= 0.3 is 5.97 Å². The SMILES string of the molecule is Cc1ccc(C(=O)O)c(Cc2ccc3ccccc3n2)c1. The molecule has 104 valence electrons.